The van der Waals surface area contributed by atoms with Crippen molar-refractivity contribution >= 4 is 44.8 Å². The van der Waals surface area contributed by atoms with Gasteiger partial charge in [-0.15, -0.1) is 0 Å². The van der Waals surface area contributed by atoms with Gasteiger partial charge in [0.05, 0.1) is 28.7 Å². The minimum atomic E-state index is -0.525. The summed E-state index contributed by atoms with van der Waals surface area (Å²) in [7, 11) is 0. The van der Waals surface area contributed by atoms with Crippen molar-refractivity contribution < 1.29 is 13.9 Å². The van der Waals surface area contributed by atoms with Crippen LogP contribution in [0.3, 0.4) is 0 Å². The van der Waals surface area contributed by atoms with Gasteiger partial charge in [-0.25, -0.2) is 18.7 Å². The average Bonchev–Trinajstić information content (AvgIpc) is 3.20. The van der Waals surface area contributed by atoms with Crippen LogP contribution in [0.15, 0.2) is 46.1 Å². The first kappa shape index (κ1) is 26.9. The number of carbonyl (C=O) groups excluding carboxylic acids is 1. The topological polar surface area (TPSA) is 106 Å². The van der Waals surface area contributed by atoms with Crippen LogP contribution in [0.2, 0.25) is 0 Å². The van der Waals surface area contributed by atoms with E-state index in [0.717, 1.165) is 46.9 Å². The summed E-state index contributed by atoms with van der Waals surface area (Å²) in [6.45, 7) is 7.56. The van der Waals surface area contributed by atoms with Crippen LogP contribution in [0.25, 0.3) is 5.52 Å². The highest BCUT2D eigenvalue weighted by Crippen LogP contribution is 2.31. The van der Waals surface area contributed by atoms with Crippen molar-refractivity contribution in [2.24, 2.45) is 10.7 Å². The van der Waals surface area contributed by atoms with Crippen molar-refractivity contribution in [3.8, 4) is 0 Å². The van der Waals surface area contributed by atoms with E-state index in [1.165, 1.54) is 12.1 Å². The maximum absolute atomic E-state index is 13.9. The van der Waals surface area contributed by atoms with Crippen LogP contribution in [0.4, 0.5) is 20.6 Å². The van der Waals surface area contributed by atoms with Crippen molar-refractivity contribution in [3.63, 3.8) is 0 Å². The first-order valence-corrected chi connectivity index (χ1v) is 13.4. The van der Waals surface area contributed by atoms with Gasteiger partial charge in [0.1, 0.15) is 17.3 Å². The molecule has 0 saturated heterocycles. The third kappa shape index (κ3) is 6.80. The number of amides is 1. The highest BCUT2D eigenvalue weighted by Gasteiger charge is 2.26. The van der Waals surface area contributed by atoms with E-state index >= 15 is 0 Å². The molecule has 4 N–H and O–H groups in total. The maximum Gasteiger partial charge on any atom is 0.407 e. The van der Waals surface area contributed by atoms with Gasteiger partial charge in [0, 0.05) is 22.8 Å². The van der Waals surface area contributed by atoms with Gasteiger partial charge in [-0.3, -0.25) is 0 Å². The molecule has 0 atom stereocenters. The van der Waals surface area contributed by atoms with Crippen molar-refractivity contribution in [3.05, 3.63) is 58.1 Å². The zero-order chi connectivity index (χ0) is 26.7. The summed E-state index contributed by atoms with van der Waals surface area (Å²) in [5.41, 5.74) is 9.72. The van der Waals surface area contributed by atoms with Crippen LogP contribution in [0.1, 0.15) is 64.5 Å². The molecule has 0 bridgehead atoms. The summed E-state index contributed by atoms with van der Waals surface area (Å²) >= 11 is 3.53. The third-order valence-corrected chi connectivity index (χ3v) is 6.78. The van der Waals surface area contributed by atoms with E-state index in [-0.39, 0.29) is 29.8 Å². The zero-order valence-electron chi connectivity index (χ0n) is 21.6. The Hall–Kier alpha value is -3.14. The number of halogens is 2. The van der Waals surface area contributed by atoms with Gasteiger partial charge >= 0.3 is 6.09 Å². The van der Waals surface area contributed by atoms with Gasteiger partial charge < -0.3 is 21.1 Å². The molecule has 1 aliphatic rings. The van der Waals surface area contributed by atoms with E-state index in [4.69, 9.17) is 10.5 Å². The van der Waals surface area contributed by atoms with Crippen LogP contribution in [-0.4, -0.2) is 39.2 Å². The van der Waals surface area contributed by atoms with E-state index in [0.29, 0.717) is 17.7 Å². The normalized spacial score (nSPS) is 18.6. The van der Waals surface area contributed by atoms with Crippen LogP contribution < -0.4 is 16.4 Å². The van der Waals surface area contributed by atoms with Crippen LogP contribution >= 0.6 is 15.9 Å². The van der Waals surface area contributed by atoms with Gasteiger partial charge in [-0.1, -0.05) is 13.0 Å². The molecule has 8 nitrogen and oxygen atoms in total. The molecule has 1 aliphatic carbocycles. The summed E-state index contributed by atoms with van der Waals surface area (Å²) in [4.78, 5) is 16.8. The predicted octanol–water partition coefficient (Wildman–Crippen LogP) is 6.08. The van der Waals surface area contributed by atoms with Gasteiger partial charge in [-0.05, 0) is 92.6 Å². The largest absolute Gasteiger partial charge is 0.444 e. The summed E-state index contributed by atoms with van der Waals surface area (Å²) in [6.07, 6.45) is 7.25. The number of alkyl carbamates (subject to hydrolysis) is 1. The molecule has 2 heterocycles. The fourth-order valence-electron chi connectivity index (χ4n) is 4.56. The Kier molecular flexibility index (Phi) is 8.06. The Morgan fingerprint density at radius 1 is 1.24 bits per heavy atom. The molecule has 3 aromatic rings. The average molecular weight is 574 g/mol. The first-order chi connectivity index (χ1) is 17.5. The molecule has 1 amide bonds. The van der Waals surface area contributed by atoms with E-state index in [1.807, 2.05) is 40.0 Å². The predicted molar refractivity (Wildman–Crippen MR) is 148 cm³/mol. The number of hydrogen-bond acceptors (Lipinski definition) is 5. The number of amidine groups is 1. The number of aliphatic imine (C=N–C) groups is 1. The van der Waals surface area contributed by atoms with Gasteiger partial charge in [0.25, 0.3) is 0 Å². The highest BCUT2D eigenvalue weighted by atomic mass is 79.9. The van der Waals surface area contributed by atoms with E-state index in [1.54, 1.807) is 16.8 Å². The molecule has 10 heteroatoms. The lowest BCUT2D eigenvalue weighted by Crippen LogP contribution is -2.42. The number of benzene rings is 1. The number of aromatic nitrogens is 2. The molecule has 198 valence electrons. The lowest BCUT2D eigenvalue weighted by molar-refractivity contribution is 0.0492. The van der Waals surface area contributed by atoms with E-state index < -0.39 is 5.60 Å². The number of ether oxygens (including phenoxy) is 1. The second-order valence-corrected chi connectivity index (χ2v) is 11.3. The van der Waals surface area contributed by atoms with Gasteiger partial charge in [0.2, 0.25) is 0 Å². The fourth-order valence-corrected chi connectivity index (χ4v) is 4.97. The smallest absolute Gasteiger partial charge is 0.407 e. The second kappa shape index (κ2) is 11.1. The monoisotopic (exact) mass is 572 g/mol. The number of rotatable bonds is 6. The molecule has 1 saturated carbocycles. The van der Waals surface area contributed by atoms with Crippen molar-refractivity contribution in [1.29, 1.82) is 0 Å². The Bertz CT molecular complexity index is 1310. The fraction of sp³-hybridized carbons (Fsp3) is 0.444. The van der Waals surface area contributed by atoms with Crippen molar-refractivity contribution in [2.75, 3.05) is 5.32 Å². The Morgan fingerprint density at radius 3 is 2.62 bits per heavy atom. The van der Waals surface area contributed by atoms with Gasteiger partial charge in [0.15, 0.2) is 0 Å². The number of carbonyl (C=O) groups is 1. The minimum Gasteiger partial charge on any atom is -0.444 e. The molecule has 1 fully saturated rings. The maximum atomic E-state index is 13.9. The zero-order valence-corrected chi connectivity index (χ0v) is 23.2. The number of aryl methyl sites for hydroxylation is 1. The van der Waals surface area contributed by atoms with Crippen LogP contribution in [0, 0.1) is 5.82 Å². The standard InChI is InChI=1S/C27H34BrFN6O2/c1-5-16-6-7-18(29)13-22(16)34-25(30)21-14-31-35-15-17(28)12-23(35)24(21)32-19-8-10-20(11-9-19)33-26(36)37-27(2,3)4/h6-7,12-15,19-20,32H,5,8-11H2,1-4H3,(H2,30,34)(H,33,36)/t19-,20-. The van der Waals surface area contributed by atoms with Crippen molar-refractivity contribution in [2.45, 2.75) is 77.5 Å². The number of hydrogen-bond donors (Lipinski definition) is 3. The Morgan fingerprint density at radius 2 is 1.95 bits per heavy atom. The van der Waals surface area contributed by atoms with Crippen molar-refractivity contribution in [1.82, 2.24) is 14.9 Å². The molecule has 0 radical (unpaired) electrons. The number of anilines is 1. The molecule has 1 aromatic carbocycles. The molecular weight excluding hydrogens is 539 g/mol. The molecular formula is C27H34BrFN6O2. The Labute approximate surface area is 225 Å². The summed E-state index contributed by atoms with van der Waals surface area (Å²) < 4.78 is 22.0. The second-order valence-electron chi connectivity index (χ2n) is 10.4. The number of nitrogens with one attached hydrogen (secondary N) is 2. The minimum absolute atomic E-state index is 0.0688. The lowest BCUT2D eigenvalue weighted by Gasteiger charge is -2.31. The molecule has 37 heavy (non-hydrogen) atoms. The van der Waals surface area contributed by atoms with Crippen LogP contribution in [0.5, 0.6) is 0 Å². The van der Waals surface area contributed by atoms with E-state index in [9.17, 15) is 9.18 Å². The number of nitrogens with two attached hydrogens (primary N) is 1. The Balaban J connectivity index is 1.56. The molecule has 4 rings (SSSR count). The SMILES string of the molecule is CCc1ccc(F)cc1N=C(N)c1cnn2cc(Br)cc2c1N[C@H]1CC[C@H](NC(=O)OC(C)(C)C)CC1. The number of nitrogens with zero attached hydrogens (tertiary/aromatic N) is 3. The lowest BCUT2D eigenvalue weighted by atomic mass is 9.91. The highest BCUT2D eigenvalue weighted by molar-refractivity contribution is 9.10. The molecule has 0 unspecified atom stereocenters. The summed E-state index contributed by atoms with van der Waals surface area (Å²) in [6, 6.07) is 6.78. The molecule has 0 spiro atoms. The number of fused-ring (bicyclic) bond motifs is 1. The summed E-state index contributed by atoms with van der Waals surface area (Å²) in [5.74, 6) is -0.0988. The summed E-state index contributed by atoms with van der Waals surface area (Å²) in [5, 5.41) is 11.2. The molecule has 2 aromatic heterocycles. The molecule has 0 aliphatic heterocycles. The first-order valence-electron chi connectivity index (χ1n) is 12.6. The quantitative estimate of drug-likeness (QED) is 0.245. The third-order valence-electron chi connectivity index (χ3n) is 6.35. The van der Waals surface area contributed by atoms with Gasteiger partial charge in [-0.2, -0.15) is 5.10 Å². The van der Waals surface area contributed by atoms with E-state index in [2.05, 4.69) is 36.7 Å². The van der Waals surface area contributed by atoms with Crippen LogP contribution in [-0.2, 0) is 11.2 Å².